The Kier molecular flexibility index (Phi) is 4.61. The highest BCUT2D eigenvalue weighted by Gasteiger charge is 2.13. The Hall–Kier alpha value is -1.81. The van der Waals surface area contributed by atoms with E-state index in [1.807, 2.05) is 39.1 Å². The van der Waals surface area contributed by atoms with E-state index in [0.717, 1.165) is 33.2 Å². The Balaban J connectivity index is 2.31. The van der Waals surface area contributed by atoms with Gasteiger partial charge in [-0.05, 0) is 64.8 Å². The van der Waals surface area contributed by atoms with Crippen molar-refractivity contribution < 1.29 is 0 Å². The molecule has 0 unspecified atom stereocenters. The molecule has 0 aliphatic carbocycles. The molecule has 0 atom stereocenters. The van der Waals surface area contributed by atoms with Gasteiger partial charge in [0.15, 0.2) is 0 Å². The lowest BCUT2D eigenvalue weighted by Gasteiger charge is -2.21. The molecule has 0 aliphatic rings. The Labute approximate surface area is 137 Å². The Bertz CT molecular complexity index is 667. The Morgan fingerprint density at radius 3 is 2.14 bits per heavy atom. The number of hydrogen-bond acceptors (Lipinski definition) is 4. The summed E-state index contributed by atoms with van der Waals surface area (Å²) in [5.41, 5.74) is 3.97. The van der Waals surface area contributed by atoms with Crippen LogP contribution in [0.4, 0.5) is 17.5 Å². The van der Waals surface area contributed by atoms with Gasteiger partial charge in [-0.15, -0.1) is 0 Å². The zero-order valence-corrected chi connectivity index (χ0v) is 14.8. The molecule has 0 aliphatic heterocycles. The first kappa shape index (κ1) is 16.6. The van der Waals surface area contributed by atoms with Crippen molar-refractivity contribution in [3.8, 4) is 0 Å². The maximum atomic E-state index is 6.22. The van der Waals surface area contributed by atoms with Gasteiger partial charge in [0.25, 0.3) is 0 Å². The van der Waals surface area contributed by atoms with Crippen LogP contribution in [0, 0.1) is 20.8 Å². The number of halogens is 1. The van der Waals surface area contributed by atoms with Crippen molar-refractivity contribution in [1.29, 1.82) is 0 Å². The maximum absolute atomic E-state index is 6.22. The van der Waals surface area contributed by atoms with Gasteiger partial charge in [-0.1, -0.05) is 11.6 Å². The van der Waals surface area contributed by atoms with Gasteiger partial charge in [0, 0.05) is 28.0 Å². The minimum Gasteiger partial charge on any atom is -0.350 e. The van der Waals surface area contributed by atoms with Crippen LogP contribution in [0.15, 0.2) is 18.3 Å². The molecular formula is C17H23ClN4. The fourth-order valence-corrected chi connectivity index (χ4v) is 2.23. The average Bonchev–Trinajstić information content (AvgIpc) is 2.38. The van der Waals surface area contributed by atoms with Crippen molar-refractivity contribution in [3.63, 3.8) is 0 Å². The molecule has 22 heavy (non-hydrogen) atoms. The lowest BCUT2D eigenvalue weighted by molar-refractivity contribution is 0.626. The first-order chi connectivity index (χ1) is 10.2. The molecule has 1 aromatic carbocycles. The van der Waals surface area contributed by atoms with E-state index in [2.05, 4.69) is 41.4 Å². The van der Waals surface area contributed by atoms with E-state index in [-0.39, 0.29) is 5.54 Å². The predicted molar refractivity (Wildman–Crippen MR) is 94.4 cm³/mol. The van der Waals surface area contributed by atoms with Gasteiger partial charge < -0.3 is 10.6 Å². The number of nitrogens with zero attached hydrogens (tertiary/aromatic N) is 2. The second-order valence-corrected chi connectivity index (χ2v) is 7.03. The van der Waals surface area contributed by atoms with Crippen molar-refractivity contribution >= 4 is 29.1 Å². The zero-order chi connectivity index (χ0) is 16.5. The smallest absolute Gasteiger partial charge is 0.225 e. The normalized spacial score (nSPS) is 11.4. The molecule has 0 saturated heterocycles. The van der Waals surface area contributed by atoms with Crippen LogP contribution in [0.3, 0.4) is 0 Å². The number of hydrogen-bond donors (Lipinski definition) is 2. The summed E-state index contributed by atoms with van der Waals surface area (Å²) in [5, 5.41) is 7.45. The summed E-state index contributed by atoms with van der Waals surface area (Å²) in [7, 11) is 0. The van der Waals surface area contributed by atoms with Crippen LogP contribution in [0.25, 0.3) is 0 Å². The third kappa shape index (κ3) is 4.10. The van der Waals surface area contributed by atoms with Crippen molar-refractivity contribution in [3.05, 3.63) is 40.0 Å². The lowest BCUT2D eigenvalue weighted by atomic mass is 10.1. The van der Waals surface area contributed by atoms with E-state index < -0.39 is 0 Å². The third-order valence-electron chi connectivity index (χ3n) is 3.16. The molecule has 0 fully saturated rings. The highest BCUT2D eigenvalue weighted by atomic mass is 35.5. The predicted octanol–water partition coefficient (Wildman–Crippen LogP) is 5.01. The first-order valence-electron chi connectivity index (χ1n) is 7.31. The van der Waals surface area contributed by atoms with Gasteiger partial charge in [-0.3, -0.25) is 0 Å². The lowest BCUT2D eigenvalue weighted by Crippen LogP contribution is -2.27. The van der Waals surface area contributed by atoms with E-state index in [9.17, 15) is 0 Å². The van der Waals surface area contributed by atoms with Crippen molar-refractivity contribution in [1.82, 2.24) is 9.97 Å². The summed E-state index contributed by atoms with van der Waals surface area (Å²) in [6, 6.07) is 4.04. The van der Waals surface area contributed by atoms with Crippen molar-refractivity contribution in [2.75, 3.05) is 10.6 Å². The zero-order valence-electron chi connectivity index (χ0n) is 14.0. The number of anilines is 3. The minimum absolute atomic E-state index is 0.0834. The first-order valence-corrected chi connectivity index (χ1v) is 7.69. The van der Waals surface area contributed by atoms with Crippen LogP contribution in [0.1, 0.15) is 37.5 Å². The highest BCUT2D eigenvalue weighted by molar-refractivity contribution is 6.32. The second-order valence-electron chi connectivity index (χ2n) is 6.65. The number of aryl methyl sites for hydroxylation is 3. The van der Waals surface area contributed by atoms with E-state index in [0.29, 0.717) is 5.95 Å². The van der Waals surface area contributed by atoms with Gasteiger partial charge in [0.05, 0.1) is 0 Å². The van der Waals surface area contributed by atoms with Crippen LogP contribution in [-0.4, -0.2) is 15.5 Å². The molecule has 1 aromatic heterocycles. The molecule has 4 nitrogen and oxygen atoms in total. The Morgan fingerprint density at radius 2 is 1.59 bits per heavy atom. The molecule has 5 heteroatoms. The standard InChI is InChI=1S/C17H23ClN4/c1-10-7-13(8-11(2)14(10)18)20-15-12(3)9-19-16(21-15)22-17(4,5)6/h7-9H,1-6H3,(H2,19,20,21,22). The van der Waals surface area contributed by atoms with Crippen LogP contribution < -0.4 is 10.6 Å². The molecule has 0 radical (unpaired) electrons. The van der Waals surface area contributed by atoms with E-state index in [1.54, 1.807) is 0 Å². The molecule has 0 saturated carbocycles. The van der Waals surface area contributed by atoms with Crippen molar-refractivity contribution in [2.24, 2.45) is 0 Å². The van der Waals surface area contributed by atoms with Gasteiger partial charge >= 0.3 is 0 Å². The van der Waals surface area contributed by atoms with Crippen molar-refractivity contribution in [2.45, 2.75) is 47.1 Å². The summed E-state index contributed by atoms with van der Waals surface area (Å²) in [6.45, 7) is 12.2. The average molecular weight is 319 g/mol. The van der Waals surface area contributed by atoms with Gasteiger partial charge in [0.2, 0.25) is 5.95 Å². The van der Waals surface area contributed by atoms with Crippen LogP contribution in [0.5, 0.6) is 0 Å². The summed E-state index contributed by atoms with van der Waals surface area (Å²) in [6.07, 6.45) is 1.82. The number of aromatic nitrogens is 2. The van der Waals surface area contributed by atoms with E-state index in [4.69, 9.17) is 11.6 Å². The molecule has 118 valence electrons. The van der Waals surface area contributed by atoms with Crippen LogP contribution in [0.2, 0.25) is 5.02 Å². The third-order valence-corrected chi connectivity index (χ3v) is 3.75. The van der Waals surface area contributed by atoms with Gasteiger partial charge in [-0.2, -0.15) is 4.98 Å². The molecule has 2 aromatic rings. The molecule has 0 bridgehead atoms. The number of rotatable bonds is 3. The summed E-state index contributed by atoms with van der Waals surface area (Å²) in [4.78, 5) is 8.90. The quantitative estimate of drug-likeness (QED) is 0.835. The van der Waals surface area contributed by atoms with Gasteiger partial charge in [0.1, 0.15) is 5.82 Å². The maximum Gasteiger partial charge on any atom is 0.225 e. The largest absolute Gasteiger partial charge is 0.350 e. The fourth-order valence-electron chi connectivity index (χ4n) is 2.12. The molecule has 2 rings (SSSR count). The van der Waals surface area contributed by atoms with E-state index in [1.165, 1.54) is 0 Å². The highest BCUT2D eigenvalue weighted by Crippen LogP contribution is 2.27. The SMILES string of the molecule is Cc1cnc(NC(C)(C)C)nc1Nc1cc(C)c(Cl)c(C)c1. The van der Waals surface area contributed by atoms with E-state index >= 15 is 0 Å². The molecule has 1 heterocycles. The Morgan fingerprint density at radius 1 is 1.00 bits per heavy atom. The summed E-state index contributed by atoms with van der Waals surface area (Å²) >= 11 is 6.22. The molecule has 0 spiro atoms. The van der Waals surface area contributed by atoms with Crippen LogP contribution >= 0.6 is 11.6 Å². The summed E-state index contributed by atoms with van der Waals surface area (Å²) in [5.74, 6) is 1.41. The molecular weight excluding hydrogens is 296 g/mol. The topological polar surface area (TPSA) is 49.8 Å². The second kappa shape index (κ2) is 6.13. The molecule has 2 N–H and O–H groups in total. The van der Waals surface area contributed by atoms with Crippen LogP contribution in [-0.2, 0) is 0 Å². The monoisotopic (exact) mass is 318 g/mol. The number of benzene rings is 1. The summed E-state index contributed by atoms with van der Waals surface area (Å²) < 4.78 is 0. The molecule has 0 amide bonds. The number of nitrogens with one attached hydrogen (secondary N) is 2. The fraction of sp³-hybridized carbons (Fsp3) is 0.412. The van der Waals surface area contributed by atoms with Gasteiger partial charge in [-0.25, -0.2) is 4.98 Å². The minimum atomic E-state index is -0.0834.